The van der Waals surface area contributed by atoms with E-state index in [0.717, 1.165) is 18.9 Å². The summed E-state index contributed by atoms with van der Waals surface area (Å²) >= 11 is 0. The van der Waals surface area contributed by atoms with Gasteiger partial charge in [-0.2, -0.15) is 13.2 Å². The number of ether oxygens (including phenoxy) is 1. The van der Waals surface area contributed by atoms with Crippen LogP contribution in [0.15, 0.2) is 18.2 Å². The number of anilines is 1. The molecule has 0 amide bonds. The topological polar surface area (TPSA) is 76.1 Å². The number of methoxy groups -OCH3 is 1. The van der Waals surface area contributed by atoms with Crippen molar-refractivity contribution in [1.29, 1.82) is 0 Å². The van der Waals surface area contributed by atoms with Crippen LogP contribution in [0.3, 0.4) is 0 Å². The molecule has 0 saturated heterocycles. The molecule has 3 rings (SSSR count). The maximum atomic E-state index is 13.4. The molecule has 2 N–H and O–H groups in total. The highest BCUT2D eigenvalue weighted by molar-refractivity contribution is 5.73. The predicted octanol–water partition coefficient (Wildman–Crippen LogP) is 4.64. The summed E-state index contributed by atoms with van der Waals surface area (Å²) in [6.45, 7) is 7.52. The second-order valence-electron chi connectivity index (χ2n) is 8.60. The smallest absolute Gasteiger partial charge is 0.416 e. The lowest BCUT2D eigenvalue weighted by Gasteiger charge is -2.23. The maximum Gasteiger partial charge on any atom is 0.416 e. The van der Waals surface area contributed by atoms with E-state index in [1.54, 1.807) is 19.9 Å². The second-order valence-corrected chi connectivity index (χ2v) is 8.60. The van der Waals surface area contributed by atoms with Crippen LogP contribution < -0.4 is 10.6 Å². The Morgan fingerprint density at radius 2 is 1.94 bits per heavy atom. The number of aromatic nitrogens is 2. The van der Waals surface area contributed by atoms with Crippen molar-refractivity contribution in [2.24, 2.45) is 0 Å². The number of benzene rings is 1. The minimum Gasteiger partial charge on any atom is -0.469 e. The number of aryl methyl sites for hydroxylation is 1. The molecule has 1 aromatic heterocycles. The third-order valence-corrected chi connectivity index (χ3v) is 5.94. The van der Waals surface area contributed by atoms with Gasteiger partial charge < -0.3 is 15.4 Å². The highest BCUT2D eigenvalue weighted by Gasteiger charge is 2.37. The highest BCUT2D eigenvalue weighted by atomic mass is 19.4. The Morgan fingerprint density at radius 3 is 2.53 bits per heavy atom. The first-order chi connectivity index (χ1) is 14.9. The Bertz CT molecular complexity index is 1000. The zero-order chi connectivity index (χ0) is 23.7. The summed E-state index contributed by atoms with van der Waals surface area (Å²) in [5, 5.41) is 6.74. The normalized spacial score (nSPS) is 15.9. The van der Waals surface area contributed by atoms with Gasteiger partial charge in [-0.25, -0.2) is 9.97 Å². The number of esters is 1. The van der Waals surface area contributed by atoms with Gasteiger partial charge in [-0.1, -0.05) is 12.1 Å². The number of alkyl halides is 3. The van der Waals surface area contributed by atoms with Crippen LogP contribution in [-0.4, -0.2) is 28.6 Å². The summed E-state index contributed by atoms with van der Waals surface area (Å²) in [6.07, 6.45) is -2.34. The van der Waals surface area contributed by atoms with E-state index in [2.05, 4.69) is 27.5 Å². The van der Waals surface area contributed by atoms with Crippen molar-refractivity contribution < 1.29 is 22.7 Å². The molecule has 0 aliphatic heterocycles. The molecular weight excluding hydrogens is 421 g/mol. The fourth-order valence-corrected chi connectivity index (χ4v) is 3.69. The number of halogens is 3. The number of hydrogen-bond donors (Lipinski definition) is 2. The van der Waals surface area contributed by atoms with Gasteiger partial charge in [0, 0.05) is 17.6 Å². The number of nitrogens with one attached hydrogen (secondary N) is 2. The molecular formula is C23H29F3N4O2. The molecule has 0 spiro atoms. The molecule has 1 heterocycles. The number of carbonyl (C=O) groups is 1. The highest BCUT2D eigenvalue weighted by Crippen LogP contribution is 2.37. The zero-order valence-corrected chi connectivity index (χ0v) is 19.0. The Kier molecular flexibility index (Phi) is 6.78. The van der Waals surface area contributed by atoms with E-state index >= 15 is 0 Å². The van der Waals surface area contributed by atoms with Gasteiger partial charge in [0.25, 0.3) is 0 Å². The third-order valence-electron chi connectivity index (χ3n) is 5.94. The third kappa shape index (κ3) is 5.56. The number of nitrogens with zero attached hydrogens (tertiary/aromatic N) is 2. The molecule has 32 heavy (non-hydrogen) atoms. The average molecular weight is 451 g/mol. The molecule has 1 atom stereocenters. The van der Waals surface area contributed by atoms with E-state index in [-0.39, 0.29) is 17.5 Å². The van der Waals surface area contributed by atoms with Gasteiger partial charge in [-0.3, -0.25) is 4.79 Å². The molecule has 1 aromatic carbocycles. The van der Waals surface area contributed by atoms with E-state index in [1.165, 1.54) is 20.1 Å². The lowest BCUT2D eigenvalue weighted by atomic mass is 9.97. The largest absolute Gasteiger partial charge is 0.469 e. The van der Waals surface area contributed by atoms with E-state index in [1.807, 2.05) is 0 Å². The SMILES string of the molecule is COC(=O)Cc1nc(C)nc(N[C@H](C)c2cccc(C(F)(F)F)c2C)c1CNC1(C)CC1. The number of hydrogen-bond acceptors (Lipinski definition) is 6. The molecule has 174 valence electrons. The van der Waals surface area contributed by atoms with Crippen LogP contribution in [0.2, 0.25) is 0 Å². The zero-order valence-electron chi connectivity index (χ0n) is 19.0. The van der Waals surface area contributed by atoms with Gasteiger partial charge in [0.2, 0.25) is 0 Å². The van der Waals surface area contributed by atoms with Crippen molar-refractivity contribution in [3.8, 4) is 0 Å². The minimum absolute atomic E-state index is 0.0146. The van der Waals surface area contributed by atoms with E-state index < -0.39 is 23.8 Å². The average Bonchev–Trinajstić information content (AvgIpc) is 3.43. The molecule has 1 aliphatic rings. The van der Waals surface area contributed by atoms with Crippen LogP contribution in [0.4, 0.5) is 19.0 Å². The Hall–Kier alpha value is -2.68. The van der Waals surface area contributed by atoms with Gasteiger partial charge in [0.15, 0.2) is 0 Å². The van der Waals surface area contributed by atoms with Crippen LogP contribution in [0.5, 0.6) is 0 Å². The van der Waals surface area contributed by atoms with Crippen LogP contribution in [0.25, 0.3) is 0 Å². The van der Waals surface area contributed by atoms with Crippen LogP contribution in [0.1, 0.15) is 66.5 Å². The van der Waals surface area contributed by atoms with Crippen LogP contribution in [-0.2, 0) is 28.7 Å². The fourth-order valence-electron chi connectivity index (χ4n) is 3.69. The fraction of sp³-hybridized carbons (Fsp3) is 0.522. The quantitative estimate of drug-likeness (QED) is 0.571. The summed E-state index contributed by atoms with van der Waals surface area (Å²) in [5.74, 6) is 0.535. The van der Waals surface area contributed by atoms with E-state index in [9.17, 15) is 18.0 Å². The van der Waals surface area contributed by atoms with Gasteiger partial charge in [0.1, 0.15) is 11.6 Å². The first kappa shape index (κ1) is 24.0. The van der Waals surface area contributed by atoms with E-state index in [0.29, 0.717) is 35.0 Å². The van der Waals surface area contributed by atoms with Crippen molar-refractivity contribution >= 4 is 11.8 Å². The van der Waals surface area contributed by atoms with Gasteiger partial charge in [-0.05, 0) is 57.7 Å². The summed E-state index contributed by atoms with van der Waals surface area (Å²) in [6, 6.07) is 3.72. The van der Waals surface area contributed by atoms with Crippen molar-refractivity contribution in [2.45, 2.75) is 71.3 Å². The monoisotopic (exact) mass is 450 g/mol. The summed E-state index contributed by atoms with van der Waals surface area (Å²) in [7, 11) is 1.32. The van der Waals surface area contributed by atoms with Crippen LogP contribution in [0, 0.1) is 13.8 Å². The first-order valence-electron chi connectivity index (χ1n) is 10.5. The molecule has 0 bridgehead atoms. The Balaban J connectivity index is 1.96. The Morgan fingerprint density at radius 1 is 1.25 bits per heavy atom. The van der Waals surface area contributed by atoms with E-state index in [4.69, 9.17) is 4.74 Å². The number of carbonyl (C=O) groups excluding carboxylic acids is 1. The van der Waals surface area contributed by atoms with Gasteiger partial charge in [0.05, 0.1) is 30.8 Å². The van der Waals surface area contributed by atoms with Gasteiger partial charge in [-0.15, -0.1) is 0 Å². The molecule has 0 unspecified atom stereocenters. The summed E-state index contributed by atoms with van der Waals surface area (Å²) < 4.78 is 44.9. The van der Waals surface area contributed by atoms with Crippen molar-refractivity contribution in [3.63, 3.8) is 0 Å². The van der Waals surface area contributed by atoms with Crippen molar-refractivity contribution in [2.75, 3.05) is 12.4 Å². The standard InChI is InChI=1S/C23H29F3N4O2/c1-13-16(7-6-8-18(13)23(24,25)26)14(2)28-21-17(12-27-22(4)9-10-22)19(11-20(31)32-5)29-15(3)30-21/h6-8,14,27H,9-12H2,1-5H3,(H,28,29,30)/t14-/m1/s1. The van der Waals surface area contributed by atoms with Gasteiger partial charge >= 0.3 is 12.1 Å². The Labute approximate surface area is 186 Å². The summed E-state index contributed by atoms with van der Waals surface area (Å²) in [5.41, 5.74) is 1.33. The molecule has 6 nitrogen and oxygen atoms in total. The molecule has 1 saturated carbocycles. The minimum atomic E-state index is -4.42. The predicted molar refractivity (Wildman–Crippen MR) is 115 cm³/mol. The first-order valence-corrected chi connectivity index (χ1v) is 10.5. The van der Waals surface area contributed by atoms with Crippen LogP contribution >= 0.6 is 0 Å². The molecule has 0 radical (unpaired) electrons. The number of rotatable bonds is 8. The molecule has 1 fully saturated rings. The molecule has 9 heteroatoms. The lowest BCUT2D eigenvalue weighted by Crippen LogP contribution is -2.29. The summed E-state index contributed by atoms with van der Waals surface area (Å²) in [4.78, 5) is 20.9. The second kappa shape index (κ2) is 9.05. The lowest BCUT2D eigenvalue weighted by molar-refractivity contribution is -0.140. The van der Waals surface area contributed by atoms with Crippen molar-refractivity contribution in [1.82, 2.24) is 15.3 Å². The molecule has 1 aliphatic carbocycles. The molecule has 2 aromatic rings. The maximum absolute atomic E-state index is 13.4. The van der Waals surface area contributed by atoms with Crippen molar-refractivity contribution in [3.05, 3.63) is 52.0 Å².